The molecule has 0 aliphatic carbocycles. The maximum absolute atomic E-state index is 10.4. The van der Waals surface area contributed by atoms with Crippen LogP contribution >= 0.6 is 0 Å². The SMILES string of the molecule is CCCCCCCCOc1cc2c(cc1OCCCCCCCC)-c1nc-2nc2[nH]c(nc3nc(nc4[nH]c(n1)c1cc(OCCCCCCCC)c(OCCCCCCCC)cc41)-c1cc(Oc4ccc(O)cc4)c(Oc4ccc(O)cc4)cc1-3)c1cc(OCCCCCCCC)c(OCCCCCCCC)cc21. The highest BCUT2D eigenvalue weighted by Gasteiger charge is 2.29. The summed E-state index contributed by atoms with van der Waals surface area (Å²) in [5, 5.41) is 23.8. The molecule has 2 aliphatic rings. The number of aromatic amines is 2. The predicted octanol–water partition coefficient (Wildman–Crippen LogP) is 26.3. The van der Waals surface area contributed by atoms with Gasteiger partial charge in [-0.3, -0.25) is 0 Å². The van der Waals surface area contributed by atoms with Crippen molar-refractivity contribution in [2.24, 2.45) is 0 Å². The standard InChI is InChI=1S/C92H122N8O10/c1-7-13-19-25-31-37-51-103-77-57-69-70(58-78(77)104-52-38-32-26-20-14-8-2)86-93-85(69)94-87-71-59-79(105-53-39-33-27-21-15-9-3)81(107-55-41-35-29-23-17-11-5)61-73(71)89(96-87)98-91-75-63-83(109-67-47-43-65(101)44-48-67)84(110-68-49-45-66(102)46-50-68)64-76(75)92(100-91)99-90-74-62-82(108-56-42-36-30-24-18-12-6)80(60-72(74)88(95-86)97-90)106-54-40-34-28-22-16-10-4/h43-50,57-64,101-102H,7-42,51-56H2,1-6H3,(H2,93,94,95,96,97,98,99,100). The van der Waals surface area contributed by atoms with Gasteiger partial charge in [0.15, 0.2) is 69.3 Å². The lowest BCUT2D eigenvalue weighted by molar-refractivity contribution is 0.258. The van der Waals surface area contributed by atoms with Gasteiger partial charge < -0.3 is 58.1 Å². The number of rotatable bonds is 52. The minimum Gasteiger partial charge on any atom is -0.508 e. The Balaban J connectivity index is 1.17. The molecule has 9 aromatic rings. The topological polar surface area (TPSA) is 223 Å². The molecule has 110 heavy (non-hydrogen) atoms. The Bertz CT molecular complexity index is 4220. The predicted molar refractivity (Wildman–Crippen MR) is 446 cm³/mol. The monoisotopic (exact) mass is 1500 g/mol. The smallest absolute Gasteiger partial charge is 0.170 e. The number of nitrogens with zero attached hydrogens (tertiary/aromatic N) is 6. The second-order valence-electron chi connectivity index (χ2n) is 29.9. The summed E-state index contributed by atoms with van der Waals surface area (Å²) in [5.74, 6) is 6.90. The number of phenols is 2. The molecule has 2 aliphatic heterocycles. The molecule has 590 valence electrons. The van der Waals surface area contributed by atoms with Crippen molar-refractivity contribution in [3.8, 4) is 115 Å². The Morgan fingerprint density at radius 1 is 0.236 bits per heavy atom. The van der Waals surface area contributed by atoms with Crippen LogP contribution in [0.25, 0.3) is 89.7 Å². The van der Waals surface area contributed by atoms with Gasteiger partial charge in [0.1, 0.15) is 45.6 Å². The van der Waals surface area contributed by atoms with Crippen molar-refractivity contribution in [2.75, 3.05) is 39.6 Å². The van der Waals surface area contributed by atoms with E-state index in [0.717, 1.165) is 148 Å². The van der Waals surface area contributed by atoms with Gasteiger partial charge in [0.05, 0.1) is 39.6 Å². The van der Waals surface area contributed by atoms with E-state index in [4.69, 9.17) is 67.8 Å². The fourth-order valence-electron chi connectivity index (χ4n) is 14.3. The highest BCUT2D eigenvalue weighted by atomic mass is 16.5. The van der Waals surface area contributed by atoms with Crippen molar-refractivity contribution < 1.29 is 48.1 Å². The van der Waals surface area contributed by atoms with E-state index < -0.39 is 0 Å². The van der Waals surface area contributed by atoms with Gasteiger partial charge in [0.25, 0.3) is 0 Å². The van der Waals surface area contributed by atoms with Crippen LogP contribution in [0.15, 0.2) is 97.1 Å². The van der Waals surface area contributed by atoms with Crippen LogP contribution in [0.5, 0.6) is 69.0 Å². The Hall–Kier alpha value is -9.32. The number of ether oxygens (including phenoxy) is 8. The third-order valence-corrected chi connectivity index (χ3v) is 20.7. The molecule has 18 heteroatoms. The van der Waals surface area contributed by atoms with Gasteiger partial charge in [0, 0.05) is 43.8 Å². The first-order valence-corrected chi connectivity index (χ1v) is 42.4. The Kier molecular flexibility index (Phi) is 32.6. The van der Waals surface area contributed by atoms with Gasteiger partial charge in [-0.1, -0.05) is 234 Å². The summed E-state index contributed by atoms with van der Waals surface area (Å²) in [6.45, 7) is 16.6. The number of phenolic OH excluding ortho intramolecular Hbond substituents is 2. The molecule has 0 fully saturated rings. The van der Waals surface area contributed by atoms with Crippen molar-refractivity contribution in [3.63, 3.8) is 0 Å². The molecule has 0 atom stereocenters. The van der Waals surface area contributed by atoms with Crippen molar-refractivity contribution in [1.82, 2.24) is 39.9 Å². The van der Waals surface area contributed by atoms with E-state index in [-0.39, 0.29) is 11.5 Å². The average molecular weight is 1500 g/mol. The Labute approximate surface area is 652 Å². The fraction of sp³-hybridized carbons (Fsp3) is 0.522. The number of benzene rings is 6. The second-order valence-corrected chi connectivity index (χ2v) is 29.9. The first-order valence-electron chi connectivity index (χ1n) is 42.4. The molecule has 5 heterocycles. The molecule has 0 radical (unpaired) electrons. The maximum atomic E-state index is 10.4. The molecule has 4 N–H and O–H groups in total. The lowest BCUT2D eigenvalue weighted by Crippen LogP contribution is -2.03. The van der Waals surface area contributed by atoms with Gasteiger partial charge in [-0.05, 0) is 136 Å². The summed E-state index contributed by atoms with van der Waals surface area (Å²) in [4.78, 5) is 40.8. The van der Waals surface area contributed by atoms with E-state index in [1.807, 2.05) is 36.4 Å². The largest absolute Gasteiger partial charge is 0.508 e. The number of aromatic nitrogens is 8. The minimum atomic E-state index is 0.0901. The summed E-state index contributed by atoms with van der Waals surface area (Å²) < 4.78 is 54.7. The summed E-state index contributed by atoms with van der Waals surface area (Å²) >= 11 is 0. The van der Waals surface area contributed by atoms with Crippen molar-refractivity contribution in [2.45, 2.75) is 273 Å². The number of fused-ring (bicyclic) bond motifs is 20. The number of unbranched alkanes of at least 4 members (excludes halogenated alkanes) is 30. The molecule has 8 bridgehead atoms. The van der Waals surface area contributed by atoms with Crippen LogP contribution in [0.4, 0.5) is 0 Å². The molecular weight excluding hydrogens is 1380 g/mol. The normalized spacial score (nSPS) is 11.7. The minimum absolute atomic E-state index is 0.0901. The molecule has 3 aromatic heterocycles. The molecule has 0 unspecified atom stereocenters. The maximum Gasteiger partial charge on any atom is 0.170 e. The van der Waals surface area contributed by atoms with Crippen molar-refractivity contribution in [3.05, 3.63) is 97.1 Å². The molecule has 18 nitrogen and oxygen atoms in total. The van der Waals surface area contributed by atoms with Gasteiger partial charge in [-0.15, -0.1) is 0 Å². The summed E-state index contributed by atoms with van der Waals surface area (Å²) in [7, 11) is 0. The molecule has 0 saturated carbocycles. The van der Waals surface area contributed by atoms with Gasteiger partial charge in [-0.25, -0.2) is 29.9 Å². The molecule has 0 saturated heterocycles. The summed E-state index contributed by atoms with van der Waals surface area (Å²) in [6.07, 6.45) is 40.4. The zero-order valence-corrected chi connectivity index (χ0v) is 66.8. The van der Waals surface area contributed by atoms with Crippen LogP contribution in [0.3, 0.4) is 0 Å². The van der Waals surface area contributed by atoms with E-state index in [1.165, 1.54) is 116 Å². The Morgan fingerprint density at radius 3 is 0.664 bits per heavy atom. The third-order valence-electron chi connectivity index (χ3n) is 20.7. The van der Waals surface area contributed by atoms with Gasteiger partial charge in [0.2, 0.25) is 0 Å². The van der Waals surface area contributed by atoms with Crippen LogP contribution < -0.4 is 37.9 Å². The third kappa shape index (κ3) is 23.4. The zero-order valence-electron chi connectivity index (χ0n) is 66.8. The van der Waals surface area contributed by atoms with E-state index in [9.17, 15) is 10.2 Å². The molecule has 0 amide bonds. The van der Waals surface area contributed by atoms with Gasteiger partial charge >= 0.3 is 0 Å². The Morgan fingerprint density at radius 2 is 0.436 bits per heavy atom. The van der Waals surface area contributed by atoms with Crippen molar-refractivity contribution >= 4 is 44.1 Å². The lowest BCUT2D eigenvalue weighted by atomic mass is 10.1. The van der Waals surface area contributed by atoms with Crippen LogP contribution in [0.1, 0.15) is 273 Å². The van der Waals surface area contributed by atoms with E-state index >= 15 is 0 Å². The highest BCUT2D eigenvalue weighted by molar-refractivity contribution is 6.08. The van der Waals surface area contributed by atoms with Crippen LogP contribution in [-0.4, -0.2) is 89.7 Å². The zero-order chi connectivity index (χ0) is 76.5. The molecule has 0 spiro atoms. The lowest BCUT2D eigenvalue weighted by Gasteiger charge is -2.15. The summed E-state index contributed by atoms with van der Waals surface area (Å²) in [6, 6.07) is 29.0. The van der Waals surface area contributed by atoms with E-state index in [1.54, 1.807) is 48.5 Å². The van der Waals surface area contributed by atoms with Crippen LogP contribution in [0.2, 0.25) is 0 Å². The van der Waals surface area contributed by atoms with Crippen molar-refractivity contribution in [1.29, 1.82) is 0 Å². The van der Waals surface area contributed by atoms with E-state index in [0.29, 0.717) is 154 Å². The number of aromatic hydroxyl groups is 2. The molecule has 11 rings (SSSR count). The summed E-state index contributed by atoms with van der Waals surface area (Å²) in [5.41, 5.74) is 4.51. The number of nitrogens with one attached hydrogen (secondary N) is 2. The molecule has 6 aromatic carbocycles. The van der Waals surface area contributed by atoms with Crippen LogP contribution in [-0.2, 0) is 0 Å². The first kappa shape index (κ1) is 81.7. The van der Waals surface area contributed by atoms with Gasteiger partial charge in [-0.2, -0.15) is 0 Å². The van der Waals surface area contributed by atoms with Crippen LogP contribution in [0, 0.1) is 0 Å². The quantitative estimate of drug-likeness (QED) is 0.0260. The number of hydrogen-bond donors (Lipinski definition) is 4. The number of H-pyrrole nitrogens is 2. The fourth-order valence-corrected chi connectivity index (χ4v) is 14.3. The molecular formula is C92H122N8O10. The first-order chi connectivity index (χ1) is 54.1. The highest BCUT2D eigenvalue weighted by Crippen LogP contribution is 2.48. The number of hydrogen-bond acceptors (Lipinski definition) is 16. The second kappa shape index (κ2) is 43.9. The average Bonchev–Trinajstić information content (AvgIpc) is 1.58. The van der Waals surface area contributed by atoms with E-state index in [2.05, 4.69) is 63.6 Å².